The third kappa shape index (κ3) is 3.21. The lowest BCUT2D eigenvalue weighted by molar-refractivity contribution is -0.116. The minimum atomic E-state index is -0.260. The number of hydrogen-bond acceptors (Lipinski definition) is 3. The summed E-state index contributed by atoms with van der Waals surface area (Å²) in [7, 11) is 0. The molecule has 1 amide bonds. The topological polar surface area (TPSA) is 44.2 Å². The average molecular weight is 396 g/mol. The Labute approximate surface area is 146 Å². The fraction of sp³-hybridized carbons (Fsp3) is 0.125. The molecule has 0 bridgehead atoms. The summed E-state index contributed by atoms with van der Waals surface area (Å²) in [5, 5.41) is 8.70. The molecule has 22 heavy (non-hydrogen) atoms. The van der Waals surface area contributed by atoms with Crippen molar-refractivity contribution in [3.8, 4) is 0 Å². The fourth-order valence-electron chi connectivity index (χ4n) is 2.28. The molecule has 1 aliphatic heterocycles. The molecule has 6 heteroatoms. The van der Waals surface area contributed by atoms with Gasteiger partial charge in [0.15, 0.2) is 5.17 Å². The molecule has 1 atom stereocenters. The van der Waals surface area contributed by atoms with Gasteiger partial charge in [-0.25, -0.2) is 0 Å². The second kappa shape index (κ2) is 6.44. The monoisotopic (exact) mass is 394 g/mol. The van der Waals surface area contributed by atoms with Gasteiger partial charge in [-0.3, -0.25) is 15.1 Å². The van der Waals surface area contributed by atoms with Gasteiger partial charge in [0.1, 0.15) is 0 Å². The molecule has 1 N–H and O–H groups in total. The third-order valence-electron chi connectivity index (χ3n) is 3.37. The maximum absolute atomic E-state index is 12.6. The van der Waals surface area contributed by atoms with Crippen LogP contribution in [0.5, 0.6) is 0 Å². The number of rotatable bonds is 3. The summed E-state index contributed by atoms with van der Waals surface area (Å²) in [5.41, 5.74) is 1.77. The van der Waals surface area contributed by atoms with E-state index in [0.717, 1.165) is 10.0 Å². The molecule has 1 heterocycles. The van der Waals surface area contributed by atoms with E-state index in [2.05, 4.69) is 15.9 Å². The summed E-state index contributed by atoms with van der Waals surface area (Å²) < 4.78 is 1.01. The summed E-state index contributed by atoms with van der Waals surface area (Å²) in [4.78, 5) is 14.0. The molecule has 2 aromatic carbocycles. The Balaban J connectivity index is 1.79. The van der Waals surface area contributed by atoms with Crippen LogP contribution < -0.4 is 4.90 Å². The van der Waals surface area contributed by atoms with Gasteiger partial charge in [0.05, 0.1) is 10.9 Å². The Morgan fingerprint density at radius 2 is 1.77 bits per heavy atom. The van der Waals surface area contributed by atoms with E-state index < -0.39 is 0 Å². The van der Waals surface area contributed by atoms with Gasteiger partial charge in [-0.2, -0.15) is 0 Å². The summed E-state index contributed by atoms with van der Waals surface area (Å²) in [6.07, 6.45) is 0.614. The van der Waals surface area contributed by atoms with Crippen molar-refractivity contribution in [2.45, 2.75) is 11.7 Å². The van der Waals surface area contributed by atoms with Gasteiger partial charge in [-0.15, -0.1) is 0 Å². The van der Waals surface area contributed by atoms with Crippen LogP contribution in [0.2, 0.25) is 5.02 Å². The van der Waals surface area contributed by atoms with Crippen LogP contribution in [0.1, 0.15) is 5.56 Å². The van der Waals surface area contributed by atoms with Crippen molar-refractivity contribution in [2.75, 3.05) is 4.90 Å². The number of carbonyl (C=O) groups is 1. The van der Waals surface area contributed by atoms with Crippen LogP contribution in [-0.2, 0) is 11.2 Å². The van der Waals surface area contributed by atoms with Crippen molar-refractivity contribution >= 4 is 56.1 Å². The number of benzene rings is 2. The number of halogens is 2. The number of thioether (sulfide) groups is 1. The van der Waals surface area contributed by atoms with Crippen LogP contribution in [0.15, 0.2) is 53.0 Å². The van der Waals surface area contributed by atoms with Gasteiger partial charge in [0.25, 0.3) is 0 Å². The lowest BCUT2D eigenvalue weighted by Gasteiger charge is -2.15. The first-order valence-corrected chi connectivity index (χ1v) is 8.69. The molecule has 3 nitrogen and oxygen atoms in total. The molecular formula is C16H12BrClN2OS. The summed E-state index contributed by atoms with van der Waals surface area (Å²) >= 11 is 10.6. The maximum atomic E-state index is 12.6. The van der Waals surface area contributed by atoms with Gasteiger partial charge < -0.3 is 0 Å². The molecule has 0 aromatic heterocycles. The SMILES string of the molecule is N=C1S[C@@H](Cc2ccc(Br)cc2)C(=O)N1c1ccc(Cl)cc1. The van der Waals surface area contributed by atoms with Crippen LogP contribution in [-0.4, -0.2) is 16.3 Å². The smallest absolute Gasteiger partial charge is 0.247 e. The van der Waals surface area contributed by atoms with Crippen molar-refractivity contribution in [3.63, 3.8) is 0 Å². The molecule has 0 saturated carbocycles. The van der Waals surface area contributed by atoms with E-state index >= 15 is 0 Å². The molecule has 0 radical (unpaired) electrons. The molecule has 3 rings (SSSR count). The molecule has 112 valence electrons. The Hall–Kier alpha value is -1.30. The van der Waals surface area contributed by atoms with Crippen LogP contribution in [0.25, 0.3) is 0 Å². The first-order valence-electron chi connectivity index (χ1n) is 6.64. The van der Waals surface area contributed by atoms with Gasteiger partial charge in [-0.1, -0.05) is 51.4 Å². The number of nitrogens with one attached hydrogen (secondary N) is 1. The summed E-state index contributed by atoms with van der Waals surface area (Å²) in [5.74, 6) is -0.0553. The van der Waals surface area contributed by atoms with Crippen LogP contribution in [0, 0.1) is 5.41 Å². The first-order chi connectivity index (χ1) is 10.5. The van der Waals surface area contributed by atoms with E-state index in [9.17, 15) is 4.79 Å². The molecule has 2 aromatic rings. The molecule has 1 fully saturated rings. The number of amidine groups is 1. The predicted octanol–water partition coefficient (Wildman–Crippen LogP) is 4.73. The van der Waals surface area contributed by atoms with Crippen molar-refractivity contribution in [1.82, 2.24) is 0 Å². The van der Waals surface area contributed by atoms with E-state index in [1.54, 1.807) is 24.3 Å². The van der Waals surface area contributed by atoms with Gasteiger partial charge >= 0.3 is 0 Å². The van der Waals surface area contributed by atoms with Crippen molar-refractivity contribution < 1.29 is 4.79 Å². The largest absolute Gasteiger partial charge is 0.278 e. The molecule has 0 spiro atoms. The Morgan fingerprint density at radius 1 is 1.14 bits per heavy atom. The lowest BCUT2D eigenvalue weighted by atomic mass is 10.1. The first kappa shape index (κ1) is 15.6. The zero-order valence-corrected chi connectivity index (χ0v) is 14.6. The standard InChI is InChI=1S/C16H12BrClN2OS/c17-11-3-1-10(2-4-11)9-14-15(21)20(16(19)22-14)13-7-5-12(18)6-8-13/h1-8,14,19H,9H2/t14-/m0/s1. The number of anilines is 1. The second-order valence-corrected chi connectivity index (χ2v) is 7.44. The summed E-state index contributed by atoms with van der Waals surface area (Å²) in [6, 6.07) is 14.9. The van der Waals surface area contributed by atoms with Crippen LogP contribution in [0.3, 0.4) is 0 Å². The maximum Gasteiger partial charge on any atom is 0.247 e. The fourth-order valence-corrected chi connectivity index (χ4v) is 3.72. The van der Waals surface area contributed by atoms with Crippen molar-refractivity contribution in [3.05, 3.63) is 63.6 Å². The predicted molar refractivity (Wildman–Crippen MR) is 95.9 cm³/mol. The molecule has 1 aliphatic rings. The highest BCUT2D eigenvalue weighted by molar-refractivity contribution is 9.10. The minimum Gasteiger partial charge on any atom is -0.278 e. The molecule has 0 unspecified atom stereocenters. The minimum absolute atomic E-state index is 0.0553. The zero-order valence-electron chi connectivity index (χ0n) is 11.4. The zero-order chi connectivity index (χ0) is 15.7. The highest BCUT2D eigenvalue weighted by Gasteiger charge is 2.37. The molecule has 1 saturated heterocycles. The number of hydrogen-bond donors (Lipinski definition) is 1. The quantitative estimate of drug-likeness (QED) is 0.816. The van der Waals surface area contributed by atoms with Crippen molar-refractivity contribution in [1.29, 1.82) is 5.41 Å². The van der Waals surface area contributed by atoms with Gasteiger partial charge in [-0.05, 0) is 48.4 Å². The summed E-state index contributed by atoms with van der Waals surface area (Å²) in [6.45, 7) is 0. The van der Waals surface area contributed by atoms with Crippen molar-refractivity contribution in [2.24, 2.45) is 0 Å². The van der Waals surface area contributed by atoms with Gasteiger partial charge in [0.2, 0.25) is 5.91 Å². The third-order valence-corrected chi connectivity index (χ3v) is 5.21. The Bertz CT molecular complexity index is 718. The number of nitrogens with zero attached hydrogens (tertiary/aromatic N) is 1. The van der Waals surface area contributed by atoms with Gasteiger partial charge in [0, 0.05) is 9.50 Å². The van der Waals surface area contributed by atoms with E-state index in [0.29, 0.717) is 17.1 Å². The Morgan fingerprint density at radius 3 is 2.41 bits per heavy atom. The van der Waals surface area contributed by atoms with E-state index in [-0.39, 0.29) is 16.3 Å². The average Bonchev–Trinajstić information content (AvgIpc) is 2.77. The number of carbonyl (C=O) groups excluding carboxylic acids is 1. The molecule has 0 aliphatic carbocycles. The normalized spacial score (nSPS) is 18.1. The molecular weight excluding hydrogens is 384 g/mol. The van der Waals surface area contributed by atoms with Crippen LogP contribution >= 0.6 is 39.3 Å². The highest BCUT2D eigenvalue weighted by Crippen LogP contribution is 2.33. The second-order valence-electron chi connectivity index (χ2n) is 4.89. The van der Waals surface area contributed by atoms with Crippen LogP contribution in [0.4, 0.5) is 5.69 Å². The van der Waals surface area contributed by atoms with E-state index in [1.807, 2.05) is 24.3 Å². The number of amides is 1. The highest BCUT2D eigenvalue weighted by atomic mass is 79.9. The lowest BCUT2D eigenvalue weighted by Crippen LogP contribution is -2.32. The van der Waals surface area contributed by atoms with E-state index in [1.165, 1.54) is 16.7 Å². The van der Waals surface area contributed by atoms with E-state index in [4.69, 9.17) is 17.0 Å². The Kier molecular flexibility index (Phi) is 4.57.